The van der Waals surface area contributed by atoms with Crippen LogP contribution in [0.2, 0.25) is 0 Å². The fraction of sp³-hybridized carbons (Fsp3) is 0.727. The second-order valence-corrected chi connectivity index (χ2v) is 4.11. The van der Waals surface area contributed by atoms with Gasteiger partial charge in [-0.3, -0.25) is 0 Å². The normalized spacial score (nSPS) is 19.2. The summed E-state index contributed by atoms with van der Waals surface area (Å²) in [4.78, 5) is 4.24. The Balaban J connectivity index is 2.22. The van der Waals surface area contributed by atoms with Crippen LogP contribution in [0.3, 0.4) is 0 Å². The topological polar surface area (TPSA) is 71.9 Å². The molecule has 0 N–H and O–H groups in total. The highest BCUT2D eigenvalue weighted by Gasteiger charge is 2.38. The molecule has 0 bridgehead atoms. The van der Waals surface area contributed by atoms with Crippen molar-refractivity contribution in [3.05, 3.63) is 11.7 Å². The Morgan fingerprint density at radius 1 is 1.44 bits per heavy atom. The van der Waals surface area contributed by atoms with Gasteiger partial charge in [-0.25, -0.2) is 0 Å². The Bertz CT molecular complexity index is 388. The first-order valence-electron chi connectivity index (χ1n) is 5.56. The predicted octanol–water partition coefficient (Wildman–Crippen LogP) is 1.94. The summed E-state index contributed by atoms with van der Waals surface area (Å²) in [6, 6.07) is 1.99. The van der Waals surface area contributed by atoms with Crippen LogP contribution < -0.4 is 0 Å². The molecule has 1 aliphatic carbocycles. The fourth-order valence-corrected chi connectivity index (χ4v) is 2.22. The highest BCUT2D eigenvalue weighted by molar-refractivity contribution is 5.04. The van der Waals surface area contributed by atoms with Crippen LogP contribution in [0, 0.1) is 11.3 Å². The molecule has 0 spiro atoms. The second-order valence-electron chi connectivity index (χ2n) is 4.11. The number of nitrogens with zero attached hydrogens (tertiary/aromatic N) is 3. The summed E-state index contributed by atoms with van der Waals surface area (Å²) in [5.41, 5.74) is -0.393. The van der Waals surface area contributed by atoms with Crippen molar-refractivity contribution in [3.63, 3.8) is 0 Å². The summed E-state index contributed by atoms with van der Waals surface area (Å²) >= 11 is 0. The van der Waals surface area contributed by atoms with Crippen molar-refractivity contribution in [1.29, 1.82) is 5.26 Å². The Morgan fingerprint density at radius 2 is 2.19 bits per heavy atom. The van der Waals surface area contributed by atoms with E-state index in [2.05, 4.69) is 10.1 Å². The lowest BCUT2D eigenvalue weighted by molar-refractivity contribution is -0.0527. The Kier molecular flexibility index (Phi) is 3.20. The standard InChI is InChI=1S/C11H15N3O2/c1-15-11(6-3-2-4-7-11)10-13-9(5-8-12)16-14-10/h2-7H2,1H3. The zero-order chi connectivity index (χ0) is 11.4. The molecule has 0 radical (unpaired) electrons. The third-order valence-electron chi connectivity index (χ3n) is 3.16. The molecule has 1 aliphatic rings. The lowest BCUT2D eigenvalue weighted by Crippen LogP contribution is -2.32. The van der Waals surface area contributed by atoms with Gasteiger partial charge >= 0.3 is 0 Å². The van der Waals surface area contributed by atoms with Crippen molar-refractivity contribution in [2.45, 2.75) is 44.1 Å². The molecule has 86 valence electrons. The molecule has 1 heterocycles. The molecule has 0 amide bonds. The molecule has 0 unspecified atom stereocenters. The van der Waals surface area contributed by atoms with E-state index in [0.29, 0.717) is 11.7 Å². The van der Waals surface area contributed by atoms with Gasteiger partial charge in [0, 0.05) is 7.11 Å². The lowest BCUT2D eigenvalue weighted by atomic mass is 9.84. The van der Waals surface area contributed by atoms with Crippen LogP contribution >= 0.6 is 0 Å². The van der Waals surface area contributed by atoms with Crippen molar-refractivity contribution in [3.8, 4) is 6.07 Å². The van der Waals surface area contributed by atoms with Gasteiger partial charge in [-0.15, -0.1) is 0 Å². The minimum atomic E-state index is -0.393. The highest BCUT2D eigenvalue weighted by atomic mass is 16.5. The van der Waals surface area contributed by atoms with E-state index < -0.39 is 5.60 Å². The number of ether oxygens (including phenoxy) is 1. The zero-order valence-electron chi connectivity index (χ0n) is 9.40. The molecular weight excluding hydrogens is 206 g/mol. The molecule has 0 atom stereocenters. The number of rotatable bonds is 3. The minimum Gasteiger partial charge on any atom is -0.370 e. The molecule has 0 aromatic carbocycles. The summed E-state index contributed by atoms with van der Waals surface area (Å²) in [5, 5.41) is 12.5. The van der Waals surface area contributed by atoms with Gasteiger partial charge in [-0.05, 0) is 12.8 Å². The zero-order valence-corrected chi connectivity index (χ0v) is 9.40. The Hall–Kier alpha value is -1.41. The highest BCUT2D eigenvalue weighted by Crippen LogP contribution is 2.38. The van der Waals surface area contributed by atoms with Gasteiger partial charge in [-0.1, -0.05) is 24.4 Å². The molecule has 1 aromatic rings. The van der Waals surface area contributed by atoms with Crippen molar-refractivity contribution < 1.29 is 9.26 Å². The van der Waals surface area contributed by atoms with Crippen molar-refractivity contribution in [1.82, 2.24) is 10.1 Å². The predicted molar refractivity (Wildman–Crippen MR) is 55.4 cm³/mol. The van der Waals surface area contributed by atoms with Crippen LogP contribution in [-0.4, -0.2) is 17.3 Å². The van der Waals surface area contributed by atoms with E-state index in [4.69, 9.17) is 14.5 Å². The number of hydrogen-bond donors (Lipinski definition) is 0. The van der Waals surface area contributed by atoms with Crippen molar-refractivity contribution >= 4 is 0 Å². The molecule has 2 rings (SSSR count). The van der Waals surface area contributed by atoms with E-state index >= 15 is 0 Å². The molecule has 5 nitrogen and oxygen atoms in total. The smallest absolute Gasteiger partial charge is 0.240 e. The Morgan fingerprint density at radius 3 is 2.81 bits per heavy atom. The third-order valence-corrected chi connectivity index (χ3v) is 3.16. The molecule has 1 saturated carbocycles. The molecule has 1 fully saturated rings. The largest absolute Gasteiger partial charge is 0.370 e. The third kappa shape index (κ3) is 1.93. The first-order valence-corrected chi connectivity index (χ1v) is 5.56. The van der Waals surface area contributed by atoms with Crippen LogP contribution in [0.5, 0.6) is 0 Å². The number of hydrogen-bond acceptors (Lipinski definition) is 5. The summed E-state index contributed by atoms with van der Waals surface area (Å²) in [5.74, 6) is 0.972. The van der Waals surface area contributed by atoms with Crippen molar-refractivity contribution in [2.24, 2.45) is 0 Å². The van der Waals surface area contributed by atoms with Crippen LogP contribution in [-0.2, 0) is 16.8 Å². The van der Waals surface area contributed by atoms with Crippen molar-refractivity contribution in [2.75, 3.05) is 7.11 Å². The fourth-order valence-electron chi connectivity index (χ4n) is 2.22. The molecular formula is C11H15N3O2. The van der Waals surface area contributed by atoms with Gasteiger partial charge in [0.25, 0.3) is 0 Å². The van der Waals surface area contributed by atoms with E-state index in [1.807, 2.05) is 6.07 Å². The summed E-state index contributed by atoms with van der Waals surface area (Å²) in [7, 11) is 1.69. The number of aromatic nitrogens is 2. The van der Waals surface area contributed by atoms with Crippen LogP contribution in [0.1, 0.15) is 43.8 Å². The SMILES string of the molecule is COC1(c2noc(CC#N)n2)CCCCC1. The summed E-state index contributed by atoms with van der Waals surface area (Å²) in [6.45, 7) is 0. The first-order chi connectivity index (χ1) is 7.80. The van der Waals surface area contributed by atoms with Crippen LogP contribution in [0.25, 0.3) is 0 Å². The molecule has 1 aromatic heterocycles. The number of nitriles is 1. The minimum absolute atomic E-state index is 0.160. The van der Waals surface area contributed by atoms with E-state index in [9.17, 15) is 0 Å². The lowest BCUT2D eigenvalue weighted by Gasteiger charge is -2.32. The van der Waals surface area contributed by atoms with E-state index in [1.165, 1.54) is 6.42 Å². The summed E-state index contributed by atoms with van der Waals surface area (Å²) in [6.07, 6.45) is 5.48. The van der Waals surface area contributed by atoms with Gasteiger partial charge in [0.2, 0.25) is 11.7 Å². The summed E-state index contributed by atoms with van der Waals surface area (Å²) < 4.78 is 10.6. The van der Waals surface area contributed by atoms with E-state index in [1.54, 1.807) is 7.11 Å². The quantitative estimate of drug-likeness (QED) is 0.779. The molecule has 0 saturated heterocycles. The molecule has 5 heteroatoms. The van der Waals surface area contributed by atoms with Gasteiger partial charge in [0.05, 0.1) is 6.07 Å². The van der Waals surface area contributed by atoms with Crippen LogP contribution in [0.15, 0.2) is 4.52 Å². The maximum absolute atomic E-state index is 8.55. The maximum Gasteiger partial charge on any atom is 0.240 e. The monoisotopic (exact) mass is 221 g/mol. The van der Waals surface area contributed by atoms with E-state index in [-0.39, 0.29) is 6.42 Å². The van der Waals surface area contributed by atoms with Gasteiger partial charge in [-0.2, -0.15) is 10.2 Å². The number of methoxy groups -OCH3 is 1. The second kappa shape index (κ2) is 4.62. The molecule has 0 aliphatic heterocycles. The van der Waals surface area contributed by atoms with Crippen LogP contribution in [0.4, 0.5) is 0 Å². The molecule has 16 heavy (non-hydrogen) atoms. The van der Waals surface area contributed by atoms with Gasteiger partial charge in [0.1, 0.15) is 12.0 Å². The average Bonchev–Trinajstić information content (AvgIpc) is 2.80. The first kappa shape index (κ1) is 11.1. The Labute approximate surface area is 94.4 Å². The van der Waals surface area contributed by atoms with Gasteiger partial charge in [0.15, 0.2) is 0 Å². The van der Waals surface area contributed by atoms with Gasteiger partial charge < -0.3 is 9.26 Å². The van der Waals surface area contributed by atoms with E-state index in [0.717, 1.165) is 25.7 Å². The average molecular weight is 221 g/mol. The maximum atomic E-state index is 8.55.